The normalized spacial score (nSPS) is 10.5. The Kier molecular flexibility index (Phi) is 5.80. The number of carbonyl (C=O) groups excluding carboxylic acids is 1. The first-order valence-electron chi connectivity index (χ1n) is 6.27. The summed E-state index contributed by atoms with van der Waals surface area (Å²) in [5, 5.41) is 7.04. The highest BCUT2D eigenvalue weighted by molar-refractivity contribution is 9.10. The molecule has 5 nitrogen and oxygen atoms in total. The topological polar surface area (TPSA) is 62.7 Å². The summed E-state index contributed by atoms with van der Waals surface area (Å²) in [6.07, 6.45) is 1.53. The van der Waals surface area contributed by atoms with Crippen LogP contribution in [0.2, 0.25) is 5.02 Å². The van der Waals surface area contributed by atoms with Gasteiger partial charge in [0, 0.05) is 10.7 Å². The average Bonchev–Trinajstić information content (AvgIpc) is 2.47. The lowest BCUT2D eigenvalue weighted by Gasteiger charge is -2.05. The van der Waals surface area contributed by atoms with E-state index in [-0.39, 0.29) is 0 Å². The van der Waals surface area contributed by atoms with Gasteiger partial charge in [-0.3, -0.25) is 0 Å². The maximum Gasteiger partial charge on any atom is 0.339 e. The molecule has 7 heteroatoms. The van der Waals surface area contributed by atoms with Crippen molar-refractivity contribution >= 4 is 45.5 Å². The van der Waals surface area contributed by atoms with Crippen LogP contribution in [0.1, 0.15) is 5.56 Å². The van der Waals surface area contributed by atoms with E-state index in [2.05, 4.69) is 31.8 Å². The van der Waals surface area contributed by atoms with Crippen LogP contribution >= 0.6 is 27.5 Å². The third-order valence-corrected chi connectivity index (χ3v) is 3.49. The van der Waals surface area contributed by atoms with Crippen molar-refractivity contribution < 1.29 is 9.53 Å². The van der Waals surface area contributed by atoms with Crippen LogP contribution in [-0.4, -0.2) is 19.4 Å². The number of benzene rings is 2. The highest BCUT2D eigenvalue weighted by atomic mass is 79.9. The molecule has 2 N–H and O–H groups in total. The van der Waals surface area contributed by atoms with Crippen molar-refractivity contribution in [2.75, 3.05) is 12.4 Å². The Morgan fingerprint density at radius 2 is 2.14 bits per heavy atom. The molecule has 0 aliphatic rings. The fourth-order valence-corrected chi connectivity index (χ4v) is 2.40. The summed E-state index contributed by atoms with van der Waals surface area (Å²) < 4.78 is 5.94. The molecular weight excluding hydrogens is 370 g/mol. The maximum absolute atomic E-state index is 11.7. The van der Waals surface area contributed by atoms with Crippen molar-refractivity contribution in [3.8, 4) is 5.75 Å². The second kappa shape index (κ2) is 7.82. The second-order valence-corrected chi connectivity index (χ2v) is 5.52. The zero-order valence-electron chi connectivity index (χ0n) is 11.6. The van der Waals surface area contributed by atoms with Crippen LogP contribution in [0.15, 0.2) is 52.0 Å². The maximum atomic E-state index is 11.7. The number of anilines is 1. The average molecular weight is 383 g/mol. The number of methoxy groups -OCH3 is 1. The highest BCUT2D eigenvalue weighted by Crippen LogP contribution is 2.24. The smallest absolute Gasteiger partial charge is 0.339 e. The first-order chi connectivity index (χ1) is 10.6. The molecule has 0 spiro atoms. The highest BCUT2D eigenvalue weighted by Gasteiger charge is 2.01. The molecule has 2 aromatic carbocycles. The number of urea groups is 1. The SMILES string of the molecule is COc1ccc(/C=N\NC(=O)Nc2cccc(Cl)c2)cc1Br. The largest absolute Gasteiger partial charge is 0.496 e. The number of hydrazone groups is 1. The Hall–Kier alpha value is -2.05. The minimum Gasteiger partial charge on any atom is -0.496 e. The van der Waals surface area contributed by atoms with E-state index in [9.17, 15) is 4.79 Å². The molecule has 114 valence electrons. The lowest BCUT2D eigenvalue weighted by Crippen LogP contribution is -2.24. The molecule has 0 fully saturated rings. The molecule has 2 aromatic rings. The quantitative estimate of drug-likeness (QED) is 0.613. The Balaban J connectivity index is 1.91. The summed E-state index contributed by atoms with van der Waals surface area (Å²) in [6.45, 7) is 0. The van der Waals surface area contributed by atoms with Crippen molar-refractivity contribution in [1.82, 2.24) is 5.43 Å². The summed E-state index contributed by atoms with van der Waals surface area (Å²) in [7, 11) is 1.59. The molecule has 0 bridgehead atoms. The van der Waals surface area contributed by atoms with E-state index < -0.39 is 6.03 Å². The molecule has 0 radical (unpaired) electrons. The van der Waals surface area contributed by atoms with Crippen molar-refractivity contribution in [3.63, 3.8) is 0 Å². The predicted octanol–water partition coefficient (Wildman–Crippen LogP) is 4.27. The van der Waals surface area contributed by atoms with Crippen LogP contribution in [0.25, 0.3) is 0 Å². The van der Waals surface area contributed by atoms with Gasteiger partial charge in [-0.2, -0.15) is 5.10 Å². The van der Waals surface area contributed by atoms with E-state index in [0.717, 1.165) is 15.8 Å². The number of amides is 2. The molecule has 0 saturated heterocycles. The lowest BCUT2D eigenvalue weighted by atomic mass is 10.2. The van der Waals surface area contributed by atoms with Crippen LogP contribution in [0, 0.1) is 0 Å². The third kappa shape index (κ3) is 4.75. The number of hydrogen-bond acceptors (Lipinski definition) is 3. The summed E-state index contributed by atoms with van der Waals surface area (Å²) in [4.78, 5) is 11.7. The van der Waals surface area contributed by atoms with Crippen LogP contribution in [0.3, 0.4) is 0 Å². The Bertz CT molecular complexity index is 707. The number of hydrogen-bond donors (Lipinski definition) is 2. The molecule has 0 saturated carbocycles. The molecular formula is C15H13BrClN3O2. The van der Waals surface area contributed by atoms with E-state index in [4.69, 9.17) is 16.3 Å². The van der Waals surface area contributed by atoms with E-state index in [1.54, 1.807) is 37.4 Å². The molecule has 2 amide bonds. The first kappa shape index (κ1) is 16.3. The standard InChI is InChI=1S/C15H13BrClN3O2/c1-22-14-6-5-10(7-13(14)16)9-18-20-15(21)19-12-4-2-3-11(17)8-12/h2-9H,1H3,(H2,19,20,21)/b18-9-. The lowest BCUT2D eigenvalue weighted by molar-refractivity contribution is 0.252. The predicted molar refractivity (Wildman–Crippen MR) is 91.9 cm³/mol. The zero-order chi connectivity index (χ0) is 15.9. The van der Waals surface area contributed by atoms with Gasteiger partial charge >= 0.3 is 6.03 Å². The fourth-order valence-electron chi connectivity index (χ4n) is 1.65. The third-order valence-electron chi connectivity index (χ3n) is 2.64. The number of ether oxygens (including phenoxy) is 1. The van der Waals surface area contributed by atoms with Gasteiger partial charge in [-0.05, 0) is 57.9 Å². The molecule has 0 aliphatic heterocycles. The van der Waals surface area contributed by atoms with Gasteiger partial charge in [-0.15, -0.1) is 0 Å². The van der Waals surface area contributed by atoms with Crippen molar-refractivity contribution in [3.05, 3.63) is 57.5 Å². The van der Waals surface area contributed by atoms with Gasteiger partial charge in [0.25, 0.3) is 0 Å². The van der Waals surface area contributed by atoms with Crippen molar-refractivity contribution in [2.24, 2.45) is 5.10 Å². The van der Waals surface area contributed by atoms with Gasteiger partial charge in [-0.25, -0.2) is 10.2 Å². The molecule has 0 aliphatic carbocycles. The van der Waals surface area contributed by atoms with Crippen LogP contribution in [0.4, 0.5) is 10.5 Å². The van der Waals surface area contributed by atoms with Gasteiger partial charge in [0.05, 0.1) is 17.8 Å². The second-order valence-electron chi connectivity index (χ2n) is 4.23. The van der Waals surface area contributed by atoms with Crippen LogP contribution in [0.5, 0.6) is 5.75 Å². The van der Waals surface area contributed by atoms with Gasteiger partial charge < -0.3 is 10.1 Å². The fraction of sp³-hybridized carbons (Fsp3) is 0.0667. The zero-order valence-corrected chi connectivity index (χ0v) is 14.0. The van der Waals surface area contributed by atoms with Crippen LogP contribution in [-0.2, 0) is 0 Å². The van der Waals surface area contributed by atoms with Gasteiger partial charge in [0.1, 0.15) is 5.75 Å². The molecule has 2 rings (SSSR count). The number of nitrogens with one attached hydrogen (secondary N) is 2. The summed E-state index contributed by atoms with van der Waals surface area (Å²) >= 11 is 9.22. The van der Waals surface area contributed by atoms with E-state index in [1.165, 1.54) is 6.21 Å². The minimum absolute atomic E-state index is 0.453. The number of nitrogens with zero attached hydrogens (tertiary/aromatic N) is 1. The minimum atomic E-state index is -0.453. The van der Waals surface area contributed by atoms with E-state index >= 15 is 0 Å². The Morgan fingerprint density at radius 1 is 1.32 bits per heavy atom. The Morgan fingerprint density at radius 3 is 2.82 bits per heavy atom. The number of rotatable bonds is 4. The van der Waals surface area contributed by atoms with Crippen molar-refractivity contribution in [2.45, 2.75) is 0 Å². The van der Waals surface area contributed by atoms with E-state index in [1.807, 2.05) is 12.1 Å². The molecule has 0 aromatic heterocycles. The summed E-state index contributed by atoms with van der Waals surface area (Å²) in [5.74, 6) is 0.726. The first-order valence-corrected chi connectivity index (χ1v) is 7.45. The Labute approximate surface area is 141 Å². The summed E-state index contributed by atoms with van der Waals surface area (Å²) in [5.41, 5.74) is 3.78. The van der Waals surface area contributed by atoms with E-state index in [0.29, 0.717) is 10.7 Å². The monoisotopic (exact) mass is 381 g/mol. The van der Waals surface area contributed by atoms with Gasteiger partial charge in [-0.1, -0.05) is 17.7 Å². The number of halogens is 2. The van der Waals surface area contributed by atoms with Crippen molar-refractivity contribution in [1.29, 1.82) is 0 Å². The van der Waals surface area contributed by atoms with Gasteiger partial charge in [0.15, 0.2) is 0 Å². The number of carbonyl (C=O) groups is 1. The molecule has 22 heavy (non-hydrogen) atoms. The van der Waals surface area contributed by atoms with Gasteiger partial charge in [0.2, 0.25) is 0 Å². The van der Waals surface area contributed by atoms with Crippen LogP contribution < -0.4 is 15.5 Å². The molecule has 0 unspecified atom stereocenters. The summed E-state index contributed by atoms with van der Waals surface area (Å²) in [6, 6.07) is 11.9. The molecule has 0 atom stereocenters. The molecule has 0 heterocycles.